The highest BCUT2D eigenvalue weighted by atomic mass is 16.5. The zero-order valence-electron chi connectivity index (χ0n) is 20.3. The van der Waals surface area contributed by atoms with Crippen LogP contribution >= 0.6 is 0 Å². The highest BCUT2D eigenvalue weighted by molar-refractivity contribution is 6.04. The zero-order valence-corrected chi connectivity index (χ0v) is 20.3. The number of nitrogens with one attached hydrogen (secondary N) is 2. The Kier molecular flexibility index (Phi) is 6.03. The first-order valence-corrected chi connectivity index (χ1v) is 11.3. The third-order valence-corrected chi connectivity index (χ3v) is 5.76. The molecule has 0 aliphatic rings. The number of carbonyl (C=O) groups excluding carboxylic acids is 1. The van der Waals surface area contributed by atoms with Gasteiger partial charge < -0.3 is 19.5 Å². The Morgan fingerprint density at radius 2 is 1.64 bits per heavy atom. The summed E-state index contributed by atoms with van der Waals surface area (Å²) in [5.41, 5.74) is 3.34. The van der Waals surface area contributed by atoms with Gasteiger partial charge in [0, 0.05) is 41.7 Å². The van der Waals surface area contributed by atoms with E-state index in [1.54, 1.807) is 25.0 Å². The molecule has 36 heavy (non-hydrogen) atoms. The first kappa shape index (κ1) is 23.0. The van der Waals surface area contributed by atoms with Crippen LogP contribution in [0.1, 0.15) is 5.56 Å². The number of benzene rings is 3. The van der Waals surface area contributed by atoms with Crippen LogP contribution in [-0.2, 0) is 7.05 Å². The Morgan fingerprint density at radius 3 is 2.39 bits per heavy atom. The van der Waals surface area contributed by atoms with Gasteiger partial charge >= 0.3 is 6.03 Å². The summed E-state index contributed by atoms with van der Waals surface area (Å²) in [4.78, 5) is 17.1. The summed E-state index contributed by atoms with van der Waals surface area (Å²) in [5, 5.41) is 11.8. The minimum Gasteiger partial charge on any atom is -0.493 e. The molecular weight excluding hydrogens is 458 g/mol. The van der Waals surface area contributed by atoms with E-state index in [9.17, 15) is 4.79 Å². The zero-order chi connectivity index (χ0) is 25.2. The molecule has 0 saturated carbocycles. The molecule has 0 aliphatic heterocycles. The van der Waals surface area contributed by atoms with E-state index < -0.39 is 0 Å². The Bertz CT molecular complexity index is 1580. The van der Waals surface area contributed by atoms with Crippen molar-refractivity contribution in [3.05, 3.63) is 72.3 Å². The molecule has 5 rings (SSSR count). The summed E-state index contributed by atoms with van der Waals surface area (Å²) in [5.74, 6) is 2.71. The molecule has 2 heterocycles. The van der Waals surface area contributed by atoms with Crippen LogP contribution in [0.25, 0.3) is 21.8 Å². The van der Waals surface area contributed by atoms with E-state index in [0.717, 1.165) is 27.4 Å². The second kappa shape index (κ2) is 9.46. The Hall–Kier alpha value is -4.79. The van der Waals surface area contributed by atoms with Crippen molar-refractivity contribution in [2.45, 2.75) is 6.92 Å². The quantitative estimate of drug-likeness (QED) is 0.313. The van der Waals surface area contributed by atoms with Gasteiger partial charge in [0.25, 0.3) is 0 Å². The van der Waals surface area contributed by atoms with Gasteiger partial charge in [-0.3, -0.25) is 10.00 Å². The molecule has 2 amide bonds. The SMILES string of the molecule is COc1cc2ccc(Oc3ccc4c(NC(=O)Nc5ccc(C)cc5)nn(C)c4c3)nc2cc1OC. The van der Waals surface area contributed by atoms with Crippen molar-refractivity contribution >= 4 is 39.3 Å². The minimum atomic E-state index is -0.369. The second-order valence-corrected chi connectivity index (χ2v) is 8.25. The molecule has 0 spiro atoms. The fourth-order valence-electron chi connectivity index (χ4n) is 3.91. The van der Waals surface area contributed by atoms with Crippen LogP contribution in [0.4, 0.5) is 16.3 Å². The first-order valence-electron chi connectivity index (χ1n) is 11.3. The molecule has 9 heteroatoms. The highest BCUT2D eigenvalue weighted by Crippen LogP contribution is 2.33. The number of nitrogens with zero attached hydrogens (tertiary/aromatic N) is 3. The van der Waals surface area contributed by atoms with Gasteiger partial charge in [-0.2, -0.15) is 5.10 Å². The maximum Gasteiger partial charge on any atom is 0.324 e. The predicted molar refractivity (Wildman–Crippen MR) is 139 cm³/mol. The van der Waals surface area contributed by atoms with E-state index in [1.165, 1.54) is 0 Å². The largest absolute Gasteiger partial charge is 0.493 e. The summed E-state index contributed by atoms with van der Waals surface area (Å²) in [7, 11) is 4.99. The van der Waals surface area contributed by atoms with Crippen molar-refractivity contribution in [2.24, 2.45) is 7.05 Å². The number of urea groups is 1. The lowest BCUT2D eigenvalue weighted by molar-refractivity contribution is 0.262. The summed E-state index contributed by atoms with van der Waals surface area (Å²) in [6.07, 6.45) is 0. The lowest BCUT2D eigenvalue weighted by Gasteiger charge is -2.10. The van der Waals surface area contributed by atoms with Crippen molar-refractivity contribution in [3.63, 3.8) is 0 Å². The van der Waals surface area contributed by atoms with Crippen LogP contribution < -0.4 is 24.8 Å². The van der Waals surface area contributed by atoms with Gasteiger partial charge in [-0.05, 0) is 43.3 Å². The number of rotatable bonds is 6. The molecule has 0 radical (unpaired) electrons. The number of fused-ring (bicyclic) bond motifs is 2. The topological polar surface area (TPSA) is 99.5 Å². The van der Waals surface area contributed by atoms with E-state index in [4.69, 9.17) is 14.2 Å². The van der Waals surface area contributed by atoms with Crippen molar-refractivity contribution in [1.29, 1.82) is 0 Å². The van der Waals surface area contributed by atoms with Crippen molar-refractivity contribution in [3.8, 4) is 23.1 Å². The summed E-state index contributed by atoms with van der Waals surface area (Å²) >= 11 is 0. The van der Waals surface area contributed by atoms with Gasteiger partial charge in [0.15, 0.2) is 17.3 Å². The summed E-state index contributed by atoms with van der Waals surface area (Å²) in [6, 6.07) is 20.1. The van der Waals surface area contributed by atoms with Gasteiger partial charge in [0.05, 0.1) is 25.3 Å². The molecule has 0 aliphatic carbocycles. The number of anilines is 2. The number of aryl methyl sites for hydroxylation is 2. The third kappa shape index (κ3) is 4.58. The van der Waals surface area contributed by atoms with Crippen LogP contribution in [0, 0.1) is 6.92 Å². The van der Waals surface area contributed by atoms with Crippen LogP contribution in [-0.4, -0.2) is 35.0 Å². The maximum atomic E-state index is 12.5. The number of amides is 2. The van der Waals surface area contributed by atoms with Crippen molar-refractivity contribution in [2.75, 3.05) is 24.9 Å². The Morgan fingerprint density at radius 1 is 0.889 bits per heavy atom. The molecule has 9 nitrogen and oxygen atoms in total. The molecule has 182 valence electrons. The minimum absolute atomic E-state index is 0.369. The van der Waals surface area contributed by atoms with Gasteiger partial charge in [-0.15, -0.1) is 0 Å². The van der Waals surface area contributed by atoms with Gasteiger partial charge in [-0.25, -0.2) is 9.78 Å². The Labute approximate surface area is 207 Å². The van der Waals surface area contributed by atoms with E-state index >= 15 is 0 Å². The first-order chi connectivity index (χ1) is 17.4. The van der Waals surface area contributed by atoms with E-state index in [2.05, 4.69) is 20.7 Å². The monoisotopic (exact) mass is 483 g/mol. The number of methoxy groups -OCH3 is 2. The van der Waals surface area contributed by atoms with E-state index in [0.29, 0.717) is 34.6 Å². The van der Waals surface area contributed by atoms with Crippen LogP contribution in [0.15, 0.2) is 66.7 Å². The van der Waals surface area contributed by atoms with Crippen molar-refractivity contribution in [1.82, 2.24) is 14.8 Å². The third-order valence-electron chi connectivity index (χ3n) is 5.76. The van der Waals surface area contributed by atoms with E-state index in [1.807, 2.05) is 74.6 Å². The molecule has 2 aromatic heterocycles. The van der Waals surface area contributed by atoms with Crippen LogP contribution in [0.2, 0.25) is 0 Å². The fraction of sp³-hybridized carbons (Fsp3) is 0.148. The number of pyridine rings is 1. The molecule has 3 aromatic carbocycles. The van der Waals surface area contributed by atoms with Gasteiger partial charge in [0.1, 0.15) is 5.75 Å². The predicted octanol–water partition coefficient (Wildman–Crippen LogP) is 5.88. The molecule has 5 aromatic rings. The number of aromatic nitrogens is 3. The average molecular weight is 484 g/mol. The van der Waals surface area contributed by atoms with Gasteiger partial charge in [-0.1, -0.05) is 17.7 Å². The molecule has 0 fully saturated rings. The average Bonchev–Trinajstić information content (AvgIpc) is 3.18. The molecule has 0 atom stereocenters. The lowest BCUT2D eigenvalue weighted by atomic mass is 10.2. The normalized spacial score (nSPS) is 10.9. The molecule has 0 bridgehead atoms. The summed E-state index contributed by atoms with van der Waals surface area (Å²) < 4.78 is 18.5. The molecule has 0 unspecified atom stereocenters. The number of ether oxygens (including phenoxy) is 3. The maximum absolute atomic E-state index is 12.5. The smallest absolute Gasteiger partial charge is 0.324 e. The number of hydrogen-bond acceptors (Lipinski definition) is 6. The number of hydrogen-bond donors (Lipinski definition) is 2. The van der Waals surface area contributed by atoms with E-state index in [-0.39, 0.29) is 6.03 Å². The lowest BCUT2D eigenvalue weighted by Crippen LogP contribution is -2.19. The standard InChI is InChI=1S/C27H25N5O4/c1-16-5-8-18(9-6-16)28-27(33)30-26-20-11-10-19(14-22(20)32(2)31-26)36-25-12-7-17-13-23(34-3)24(35-4)15-21(17)29-25/h5-15H,1-4H3,(H2,28,30,31,33). The highest BCUT2D eigenvalue weighted by Gasteiger charge is 2.14. The van der Waals surface area contributed by atoms with Gasteiger partial charge in [0.2, 0.25) is 5.88 Å². The summed E-state index contributed by atoms with van der Waals surface area (Å²) in [6.45, 7) is 1.99. The van der Waals surface area contributed by atoms with Crippen LogP contribution in [0.5, 0.6) is 23.1 Å². The fourth-order valence-corrected chi connectivity index (χ4v) is 3.91. The molecule has 0 saturated heterocycles. The number of carbonyl (C=O) groups is 1. The van der Waals surface area contributed by atoms with Crippen molar-refractivity contribution < 1.29 is 19.0 Å². The van der Waals surface area contributed by atoms with Crippen LogP contribution in [0.3, 0.4) is 0 Å². The molecule has 2 N–H and O–H groups in total. The molecular formula is C27H25N5O4. The Balaban J connectivity index is 1.36. The second-order valence-electron chi connectivity index (χ2n) is 8.25.